The Labute approximate surface area is 157 Å². The largest absolute Gasteiger partial charge is 0.416 e. The third-order valence-corrected chi connectivity index (χ3v) is 4.58. The Balaban J connectivity index is 1.79. The van der Waals surface area contributed by atoms with Crippen LogP contribution in [0.5, 0.6) is 0 Å². The van der Waals surface area contributed by atoms with Crippen molar-refractivity contribution in [3.63, 3.8) is 0 Å². The van der Waals surface area contributed by atoms with Gasteiger partial charge in [0, 0.05) is 25.9 Å². The Morgan fingerprint density at radius 1 is 1.26 bits per heavy atom. The van der Waals surface area contributed by atoms with E-state index in [9.17, 15) is 18.0 Å². The van der Waals surface area contributed by atoms with Crippen LogP contribution in [-0.2, 0) is 22.4 Å². The van der Waals surface area contributed by atoms with Gasteiger partial charge >= 0.3 is 6.18 Å². The standard InChI is InChI=1S/C19H26F3N3O2/c1-3-4-17(23-2)18(26)25-11-9-16(10-12-25)24-27-13-14-5-7-15(8-6-14)19(20,21)22/h5-8,17,23H,3-4,9-13H2,1-2H3. The summed E-state index contributed by atoms with van der Waals surface area (Å²) in [5.41, 5.74) is 0.802. The van der Waals surface area contributed by atoms with E-state index in [1.54, 1.807) is 7.05 Å². The van der Waals surface area contributed by atoms with Gasteiger partial charge in [-0.1, -0.05) is 30.6 Å². The zero-order valence-corrected chi connectivity index (χ0v) is 15.7. The fraction of sp³-hybridized carbons (Fsp3) is 0.579. The maximum absolute atomic E-state index is 12.5. The van der Waals surface area contributed by atoms with Gasteiger partial charge in [0.15, 0.2) is 0 Å². The lowest BCUT2D eigenvalue weighted by molar-refractivity contribution is -0.137. The van der Waals surface area contributed by atoms with E-state index in [4.69, 9.17) is 4.84 Å². The Morgan fingerprint density at radius 3 is 2.41 bits per heavy atom. The van der Waals surface area contributed by atoms with Gasteiger partial charge in [-0.2, -0.15) is 13.2 Å². The number of piperidine rings is 1. The van der Waals surface area contributed by atoms with E-state index < -0.39 is 11.7 Å². The van der Waals surface area contributed by atoms with Crippen LogP contribution >= 0.6 is 0 Å². The molecule has 1 aliphatic rings. The number of likely N-dealkylation sites (N-methyl/N-ethyl adjacent to an activating group) is 1. The highest BCUT2D eigenvalue weighted by molar-refractivity contribution is 5.88. The van der Waals surface area contributed by atoms with Crippen molar-refractivity contribution in [3.05, 3.63) is 35.4 Å². The van der Waals surface area contributed by atoms with E-state index in [1.807, 2.05) is 11.8 Å². The normalized spacial score (nSPS) is 16.2. The monoisotopic (exact) mass is 385 g/mol. The molecule has 0 radical (unpaired) electrons. The van der Waals surface area contributed by atoms with Crippen molar-refractivity contribution in [1.82, 2.24) is 10.2 Å². The molecule has 1 fully saturated rings. The van der Waals surface area contributed by atoms with Crippen LogP contribution < -0.4 is 5.32 Å². The molecule has 0 aromatic heterocycles. The molecule has 1 aromatic rings. The van der Waals surface area contributed by atoms with Crippen LogP contribution in [0.1, 0.15) is 43.7 Å². The number of amides is 1. The number of halogens is 3. The van der Waals surface area contributed by atoms with Crippen LogP contribution in [0, 0.1) is 0 Å². The van der Waals surface area contributed by atoms with Crippen LogP contribution in [0.25, 0.3) is 0 Å². The quantitative estimate of drug-likeness (QED) is 0.730. The molecule has 150 valence electrons. The predicted molar refractivity (Wildman–Crippen MR) is 97.2 cm³/mol. The summed E-state index contributed by atoms with van der Waals surface area (Å²) in [5.74, 6) is 0.115. The number of nitrogens with zero attached hydrogens (tertiary/aromatic N) is 2. The number of hydrogen-bond acceptors (Lipinski definition) is 4. The molecule has 2 rings (SSSR count). The lowest BCUT2D eigenvalue weighted by Gasteiger charge is -2.30. The van der Waals surface area contributed by atoms with E-state index in [0.717, 1.165) is 30.7 Å². The lowest BCUT2D eigenvalue weighted by atomic mass is 10.1. The fourth-order valence-corrected chi connectivity index (χ4v) is 2.96. The van der Waals surface area contributed by atoms with E-state index >= 15 is 0 Å². The van der Waals surface area contributed by atoms with E-state index in [1.165, 1.54) is 12.1 Å². The van der Waals surface area contributed by atoms with Crippen molar-refractivity contribution in [2.24, 2.45) is 5.16 Å². The second-order valence-electron chi connectivity index (χ2n) is 6.58. The summed E-state index contributed by atoms with van der Waals surface area (Å²) in [7, 11) is 1.80. The van der Waals surface area contributed by atoms with E-state index in [-0.39, 0.29) is 18.6 Å². The Hall–Kier alpha value is -2.09. The molecule has 8 heteroatoms. The SMILES string of the molecule is CCCC(NC)C(=O)N1CCC(=NOCc2ccc(C(F)(F)F)cc2)CC1. The Morgan fingerprint density at radius 2 is 1.89 bits per heavy atom. The minimum atomic E-state index is -4.34. The maximum Gasteiger partial charge on any atom is 0.416 e. The van der Waals surface area contributed by atoms with Gasteiger partial charge in [-0.3, -0.25) is 4.79 Å². The zero-order valence-electron chi connectivity index (χ0n) is 15.7. The lowest BCUT2D eigenvalue weighted by Crippen LogP contribution is -2.48. The molecule has 27 heavy (non-hydrogen) atoms. The summed E-state index contributed by atoms with van der Waals surface area (Å²) in [6, 6.07) is 4.69. The van der Waals surface area contributed by atoms with Crippen LogP contribution in [0.4, 0.5) is 13.2 Å². The topological polar surface area (TPSA) is 53.9 Å². The maximum atomic E-state index is 12.5. The summed E-state index contributed by atoms with van der Waals surface area (Å²) >= 11 is 0. The third kappa shape index (κ3) is 6.23. The Kier molecular flexibility index (Phi) is 7.65. The van der Waals surface area contributed by atoms with Gasteiger partial charge in [-0.25, -0.2) is 0 Å². The number of alkyl halides is 3. The van der Waals surface area contributed by atoms with Crippen LogP contribution in [-0.4, -0.2) is 42.7 Å². The van der Waals surface area contributed by atoms with Gasteiger partial charge < -0.3 is 15.1 Å². The number of hydrogen-bond donors (Lipinski definition) is 1. The molecule has 1 saturated heterocycles. The zero-order chi connectivity index (χ0) is 19.9. The average Bonchev–Trinajstić information content (AvgIpc) is 2.66. The number of carbonyl (C=O) groups is 1. The molecule has 1 atom stereocenters. The highest BCUT2D eigenvalue weighted by atomic mass is 19.4. The van der Waals surface area contributed by atoms with Gasteiger partial charge in [-0.05, 0) is 31.2 Å². The van der Waals surface area contributed by atoms with Crippen molar-refractivity contribution in [2.75, 3.05) is 20.1 Å². The smallest absolute Gasteiger partial charge is 0.391 e. The molecule has 1 amide bonds. The first kappa shape index (κ1) is 21.2. The molecule has 1 aromatic carbocycles. The number of nitrogens with one attached hydrogen (secondary N) is 1. The average molecular weight is 385 g/mol. The number of likely N-dealkylation sites (tertiary alicyclic amines) is 1. The molecule has 1 unspecified atom stereocenters. The third-order valence-electron chi connectivity index (χ3n) is 4.58. The summed E-state index contributed by atoms with van der Waals surface area (Å²) < 4.78 is 37.6. The van der Waals surface area contributed by atoms with Gasteiger partial charge in [-0.15, -0.1) is 0 Å². The molecule has 5 nitrogen and oxygen atoms in total. The van der Waals surface area contributed by atoms with Crippen molar-refractivity contribution in [1.29, 1.82) is 0 Å². The van der Waals surface area contributed by atoms with Gasteiger partial charge in [0.25, 0.3) is 0 Å². The van der Waals surface area contributed by atoms with Gasteiger partial charge in [0.2, 0.25) is 5.91 Å². The summed E-state index contributed by atoms with van der Waals surface area (Å²) in [4.78, 5) is 19.6. The summed E-state index contributed by atoms with van der Waals surface area (Å²) in [5, 5.41) is 7.15. The summed E-state index contributed by atoms with van der Waals surface area (Å²) in [6.07, 6.45) is -1.31. The highest BCUT2D eigenvalue weighted by Gasteiger charge is 2.30. The minimum absolute atomic E-state index is 0.114. The molecule has 1 heterocycles. The van der Waals surface area contributed by atoms with Crippen molar-refractivity contribution in [3.8, 4) is 0 Å². The fourth-order valence-electron chi connectivity index (χ4n) is 2.96. The number of carbonyl (C=O) groups excluding carboxylic acids is 1. The summed E-state index contributed by atoms with van der Waals surface area (Å²) in [6.45, 7) is 3.36. The van der Waals surface area contributed by atoms with Crippen LogP contribution in [0.3, 0.4) is 0 Å². The molecule has 0 bridgehead atoms. The van der Waals surface area contributed by atoms with Crippen molar-refractivity contribution in [2.45, 2.75) is 51.4 Å². The molecule has 0 spiro atoms. The second-order valence-corrected chi connectivity index (χ2v) is 6.58. The Bertz CT molecular complexity index is 635. The first-order valence-corrected chi connectivity index (χ1v) is 9.15. The number of rotatable bonds is 7. The van der Waals surface area contributed by atoms with Crippen molar-refractivity contribution < 1.29 is 22.8 Å². The van der Waals surface area contributed by atoms with Crippen LogP contribution in [0.2, 0.25) is 0 Å². The molecular formula is C19H26F3N3O2. The second kappa shape index (κ2) is 9.73. The number of oxime groups is 1. The molecule has 1 aliphatic heterocycles. The highest BCUT2D eigenvalue weighted by Crippen LogP contribution is 2.29. The molecule has 1 N–H and O–H groups in total. The first-order chi connectivity index (χ1) is 12.8. The molecule has 0 aliphatic carbocycles. The predicted octanol–water partition coefficient (Wildman–Crippen LogP) is 3.59. The minimum Gasteiger partial charge on any atom is -0.391 e. The van der Waals surface area contributed by atoms with E-state index in [2.05, 4.69) is 10.5 Å². The molecule has 0 saturated carbocycles. The van der Waals surface area contributed by atoms with E-state index in [0.29, 0.717) is 31.5 Å². The van der Waals surface area contributed by atoms with Crippen molar-refractivity contribution >= 4 is 11.6 Å². The first-order valence-electron chi connectivity index (χ1n) is 9.15. The molecular weight excluding hydrogens is 359 g/mol. The number of benzene rings is 1. The van der Waals surface area contributed by atoms with Gasteiger partial charge in [0.1, 0.15) is 6.61 Å². The van der Waals surface area contributed by atoms with Gasteiger partial charge in [0.05, 0.1) is 17.3 Å². The van der Waals surface area contributed by atoms with Crippen LogP contribution in [0.15, 0.2) is 29.4 Å².